The normalized spacial score (nSPS) is 19.1. The van der Waals surface area contributed by atoms with Crippen molar-refractivity contribution in [2.75, 3.05) is 20.1 Å². The lowest BCUT2D eigenvalue weighted by Gasteiger charge is -2.22. The Balaban J connectivity index is 2.17. The molecule has 0 aliphatic heterocycles. The van der Waals surface area contributed by atoms with Crippen LogP contribution in [0.15, 0.2) is 12.1 Å². The first-order valence-corrected chi connectivity index (χ1v) is 5.56. The fourth-order valence-electron chi connectivity index (χ4n) is 2.38. The Morgan fingerprint density at radius 3 is 2.81 bits per heavy atom. The lowest BCUT2D eigenvalue weighted by atomic mass is 10.1. The molecule has 4 heteroatoms. The first-order chi connectivity index (χ1) is 7.61. The second-order valence-corrected chi connectivity index (χ2v) is 4.43. The summed E-state index contributed by atoms with van der Waals surface area (Å²) in [4.78, 5) is 2.20. The molecule has 1 aliphatic carbocycles. The van der Waals surface area contributed by atoms with Gasteiger partial charge in [0.25, 0.3) is 0 Å². The summed E-state index contributed by atoms with van der Waals surface area (Å²) in [5.41, 5.74) is 7.54. The Hall–Kier alpha value is -1.26. The third-order valence-electron chi connectivity index (χ3n) is 3.30. The molecule has 0 saturated carbocycles. The van der Waals surface area contributed by atoms with Crippen molar-refractivity contribution in [2.24, 2.45) is 5.73 Å². The molecule has 0 fully saturated rings. The summed E-state index contributed by atoms with van der Waals surface area (Å²) in [6.07, 6.45) is 1.70. The second kappa shape index (κ2) is 4.31. The van der Waals surface area contributed by atoms with E-state index in [-0.39, 0.29) is 11.5 Å². The summed E-state index contributed by atoms with van der Waals surface area (Å²) in [6, 6.07) is 3.53. The molecule has 88 valence electrons. The van der Waals surface area contributed by atoms with Gasteiger partial charge in [0.05, 0.1) is 0 Å². The highest BCUT2D eigenvalue weighted by molar-refractivity contribution is 5.48. The molecular formula is C12H18N2O2. The lowest BCUT2D eigenvalue weighted by Crippen LogP contribution is -2.36. The fourth-order valence-corrected chi connectivity index (χ4v) is 2.38. The maximum absolute atomic E-state index is 9.74. The fraction of sp³-hybridized carbons (Fsp3) is 0.500. The molecule has 4 N–H and O–H groups in total. The molecule has 0 saturated heterocycles. The van der Waals surface area contributed by atoms with E-state index in [1.54, 1.807) is 6.07 Å². The highest BCUT2D eigenvalue weighted by Gasteiger charge is 2.27. The molecule has 0 spiro atoms. The zero-order valence-corrected chi connectivity index (χ0v) is 9.48. The van der Waals surface area contributed by atoms with Crippen molar-refractivity contribution in [3.05, 3.63) is 23.3 Å². The molecule has 1 unspecified atom stereocenters. The summed E-state index contributed by atoms with van der Waals surface area (Å²) in [6.45, 7) is 1.49. The lowest BCUT2D eigenvalue weighted by molar-refractivity contribution is 0.255. The number of hydrogen-bond donors (Lipinski definition) is 3. The molecule has 0 aromatic heterocycles. The molecule has 1 aliphatic rings. The highest BCUT2D eigenvalue weighted by atomic mass is 16.3. The standard InChI is InChI=1S/C12H18N2O2/c1-14(3-2-13)9-4-8-5-10(15)7-12(16)11(8)6-9/h5,7,9,15-16H,2-4,6,13H2,1H3. The van der Waals surface area contributed by atoms with E-state index in [4.69, 9.17) is 5.73 Å². The van der Waals surface area contributed by atoms with E-state index in [2.05, 4.69) is 4.90 Å². The number of fused-ring (bicyclic) bond motifs is 1. The third kappa shape index (κ3) is 1.99. The number of phenolic OH excluding ortho intramolecular Hbond substituents is 2. The number of likely N-dealkylation sites (N-methyl/N-ethyl adjacent to an activating group) is 1. The molecule has 0 amide bonds. The number of phenols is 2. The Labute approximate surface area is 95.3 Å². The Kier molecular flexibility index (Phi) is 3.03. The number of rotatable bonds is 3. The molecule has 1 aromatic carbocycles. The van der Waals surface area contributed by atoms with Crippen LogP contribution in [-0.4, -0.2) is 41.3 Å². The van der Waals surface area contributed by atoms with Gasteiger partial charge in [-0.15, -0.1) is 0 Å². The molecule has 0 radical (unpaired) electrons. The molecule has 0 bridgehead atoms. The van der Waals surface area contributed by atoms with Gasteiger partial charge in [0.1, 0.15) is 11.5 Å². The predicted octanol–water partition coefficient (Wildman–Crippen LogP) is 0.456. The van der Waals surface area contributed by atoms with Crippen molar-refractivity contribution >= 4 is 0 Å². The van der Waals surface area contributed by atoms with Crippen LogP contribution in [0.25, 0.3) is 0 Å². The first kappa shape index (κ1) is 11.2. The zero-order valence-electron chi connectivity index (χ0n) is 9.48. The van der Waals surface area contributed by atoms with Crippen LogP contribution >= 0.6 is 0 Å². The minimum atomic E-state index is 0.137. The number of nitrogens with two attached hydrogens (primary N) is 1. The van der Waals surface area contributed by atoms with E-state index in [9.17, 15) is 10.2 Å². The van der Waals surface area contributed by atoms with E-state index >= 15 is 0 Å². The van der Waals surface area contributed by atoms with Gasteiger partial charge in [-0.05, 0) is 37.1 Å². The maximum atomic E-state index is 9.74. The van der Waals surface area contributed by atoms with E-state index in [1.807, 2.05) is 7.05 Å². The largest absolute Gasteiger partial charge is 0.508 e. The van der Waals surface area contributed by atoms with Crippen LogP contribution in [0.2, 0.25) is 0 Å². The monoisotopic (exact) mass is 222 g/mol. The maximum Gasteiger partial charge on any atom is 0.122 e. The van der Waals surface area contributed by atoms with Crippen molar-refractivity contribution in [3.8, 4) is 11.5 Å². The van der Waals surface area contributed by atoms with Crippen LogP contribution in [0.1, 0.15) is 11.1 Å². The second-order valence-electron chi connectivity index (χ2n) is 4.43. The molecule has 16 heavy (non-hydrogen) atoms. The first-order valence-electron chi connectivity index (χ1n) is 5.56. The zero-order chi connectivity index (χ0) is 11.7. The van der Waals surface area contributed by atoms with Crippen LogP contribution in [0, 0.1) is 0 Å². The van der Waals surface area contributed by atoms with Crippen molar-refractivity contribution < 1.29 is 10.2 Å². The molecule has 4 nitrogen and oxygen atoms in total. The van der Waals surface area contributed by atoms with Gasteiger partial charge in [-0.25, -0.2) is 0 Å². The SMILES string of the molecule is CN(CCN)C1Cc2cc(O)cc(O)c2C1. The van der Waals surface area contributed by atoms with Crippen molar-refractivity contribution in [3.63, 3.8) is 0 Å². The van der Waals surface area contributed by atoms with E-state index in [0.29, 0.717) is 12.6 Å². The molecule has 2 rings (SSSR count). The summed E-state index contributed by atoms with van der Waals surface area (Å²) in [7, 11) is 2.04. The van der Waals surface area contributed by atoms with Gasteiger partial charge >= 0.3 is 0 Å². The van der Waals surface area contributed by atoms with Gasteiger partial charge in [-0.1, -0.05) is 0 Å². The summed E-state index contributed by atoms with van der Waals surface area (Å²) in [5, 5.41) is 19.2. The summed E-state index contributed by atoms with van der Waals surface area (Å²) < 4.78 is 0. The summed E-state index contributed by atoms with van der Waals surface area (Å²) in [5.74, 6) is 0.344. The van der Waals surface area contributed by atoms with E-state index < -0.39 is 0 Å². The van der Waals surface area contributed by atoms with Crippen molar-refractivity contribution in [1.29, 1.82) is 0 Å². The molecule has 1 aromatic rings. The van der Waals surface area contributed by atoms with Crippen LogP contribution in [0.5, 0.6) is 11.5 Å². The van der Waals surface area contributed by atoms with Crippen LogP contribution in [0.3, 0.4) is 0 Å². The van der Waals surface area contributed by atoms with Gasteiger partial charge < -0.3 is 20.8 Å². The minimum Gasteiger partial charge on any atom is -0.508 e. The predicted molar refractivity (Wildman–Crippen MR) is 62.7 cm³/mol. The van der Waals surface area contributed by atoms with Crippen LogP contribution in [-0.2, 0) is 12.8 Å². The average molecular weight is 222 g/mol. The van der Waals surface area contributed by atoms with Gasteiger partial charge in [0.2, 0.25) is 0 Å². The molecule has 0 heterocycles. The van der Waals surface area contributed by atoms with Crippen molar-refractivity contribution in [2.45, 2.75) is 18.9 Å². The number of aromatic hydroxyl groups is 2. The highest BCUT2D eigenvalue weighted by Crippen LogP contribution is 2.35. The van der Waals surface area contributed by atoms with Gasteiger partial charge in [-0.3, -0.25) is 0 Å². The Morgan fingerprint density at radius 2 is 2.12 bits per heavy atom. The van der Waals surface area contributed by atoms with Crippen LogP contribution in [0.4, 0.5) is 0 Å². The van der Waals surface area contributed by atoms with Crippen molar-refractivity contribution in [1.82, 2.24) is 4.90 Å². The summed E-state index contributed by atoms with van der Waals surface area (Å²) >= 11 is 0. The smallest absolute Gasteiger partial charge is 0.122 e. The van der Waals surface area contributed by atoms with Gasteiger partial charge in [0.15, 0.2) is 0 Å². The Morgan fingerprint density at radius 1 is 1.38 bits per heavy atom. The van der Waals surface area contributed by atoms with E-state index in [1.165, 1.54) is 6.07 Å². The number of nitrogens with zero attached hydrogens (tertiary/aromatic N) is 1. The molecular weight excluding hydrogens is 204 g/mol. The number of hydrogen-bond acceptors (Lipinski definition) is 4. The average Bonchev–Trinajstić information content (AvgIpc) is 2.62. The van der Waals surface area contributed by atoms with Crippen LogP contribution < -0.4 is 5.73 Å². The third-order valence-corrected chi connectivity index (χ3v) is 3.30. The molecule has 1 atom stereocenters. The minimum absolute atomic E-state index is 0.137. The van der Waals surface area contributed by atoms with E-state index in [0.717, 1.165) is 30.5 Å². The van der Waals surface area contributed by atoms with Gasteiger partial charge in [-0.2, -0.15) is 0 Å². The quantitative estimate of drug-likeness (QED) is 0.694. The van der Waals surface area contributed by atoms with Gasteiger partial charge in [0, 0.05) is 25.2 Å². The number of benzene rings is 1. The Bertz CT molecular complexity index is 393. The topological polar surface area (TPSA) is 69.7 Å².